The molecule has 0 fully saturated rings. The van der Waals surface area contributed by atoms with E-state index in [-0.39, 0.29) is 0 Å². The van der Waals surface area contributed by atoms with Crippen LogP contribution in [0, 0.1) is 18.8 Å². The van der Waals surface area contributed by atoms with Crippen LogP contribution in [0.4, 0.5) is 0 Å². The van der Waals surface area contributed by atoms with Gasteiger partial charge in [-0.05, 0) is 18.3 Å². The van der Waals surface area contributed by atoms with Gasteiger partial charge >= 0.3 is 0 Å². The molecule has 0 aromatic heterocycles. The first kappa shape index (κ1) is 10.0. The highest BCUT2D eigenvalue weighted by atomic mass is 14.1. The summed E-state index contributed by atoms with van der Waals surface area (Å²) in [5.74, 6) is 1.73. The minimum atomic E-state index is 0.846. The van der Waals surface area contributed by atoms with Crippen LogP contribution in [0.1, 0.15) is 46.5 Å². The molecule has 0 heteroatoms. The lowest BCUT2D eigenvalue weighted by atomic mass is 9.91. The highest BCUT2D eigenvalue weighted by Crippen LogP contribution is 2.19. The number of rotatable bonds is 5. The fraction of sp³-hybridized carbons (Fsp3) is 0.900. The van der Waals surface area contributed by atoms with Crippen molar-refractivity contribution in [3.05, 3.63) is 6.92 Å². The van der Waals surface area contributed by atoms with Gasteiger partial charge in [0, 0.05) is 0 Å². The Morgan fingerprint density at radius 1 is 1.30 bits per heavy atom. The van der Waals surface area contributed by atoms with Gasteiger partial charge < -0.3 is 0 Å². The zero-order valence-corrected chi connectivity index (χ0v) is 7.69. The van der Waals surface area contributed by atoms with Gasteiger partial charge in [0.25, 0.3) is 0 Å². The molecule has 1 atom stereocenters. The van der Waals surface area contributed by atoms with Crippen LogP contribution in [0.25, 0.3) is 0 Å². The molecule has 0 rings (SSSR count). The fourth-order valence-corrected chi connectivity index (χ4v) is 1.45. The first-order chi connectivity index (χ1) is 4.70. The Morgan fingerprint density at radius 3 is 2.20 bits per heavy atom. The van der Waals surface area contributed by atoms with Gasteiger partial charge in [-0.15, -0.1) is 0 Å². The van der Waals surface area contributed by atoms with E-state index in [1.165, 1.54) is 19.3 Å². The zero-order chi connectivity index (χ0) is 7.98. The minimum absolute atomic E-state index is 0.846. The van der Waals surface area contributed by atoms with Gasteiger partial charge in [-0.25, -0.2) is 0 Å². The first-order valence-corrected chi connectivity index (χ1v) is 4.49. The van der Waals surface area contributed by atoms with Crippen molar-refractivity contribution < 1.29 is 0 Å². The van der Waals surface area contributed by atoms with Crippen LogP contribution in [0.15, 0.2) is 0 Å². The van der Waals surface area contributed by atoms with E-state index in [4.69, 9.17) is 0 Å². The third-order valence-corrected chi connectivity index (χ3v) is 1.91. The molecule has 0 saturated heterocycles. The molecule has 0 spiro atoms. The molecule has 0 N–H and O–H groups in total. The predicted octanol–water partition coefficient (Wildman–Crippen LogP) is 3.67. The van der Waals surface area contributed by atoms with Gasteiger partial charge in [-0.3, -0.25) is 0 Å². The topological polar surface area (TPSA) is 0 Å². The smallest absolute Gasteiger partial charge is 0.0412 e. The van der Waals surface area contributed by atoms with Crippen molar-refractivity contribution in [1.82, 2.24) is 0 Å². The zero-order valence-electron chi connectivity index (χ0n) is 7.69. The number of hydrogen-bond donors (Lipinski definition) is 0. The van der Waals surface area contributed by atoms with Crippen LogP contribution >= 0.6 is 0 Å². The molecule has 0 aliphatic heterocycles. The highest BCUT2D eigenvalue weighted by molar-refractivity contribution is 4.61. The van der Waals surface area contributed by atoms with E-state index in [1.807, 2.05) is 0 Å². The van der Waals surface area contributed by atoms with Gasteiger partial charge in [0.05, 0.1) is 0 Å². The summed E-state index contributed by atoms with van der Waals surface area (Å²) in [6.45, 7) is 10.8. The van der Waals surface area contributed by atoms with Crippen molar-refractivity contribution in [2.24, 2.45) is 11.8 Å². The second kappa shape index (κ2) is 5.76. The standard InChI is InChI=1S/C10H21/c1-5-7-10(6-2)8-9(3)4/h9-10H,2,5-8H2,1,3-4H3. The maximum atomic E-state index is 3.96. The molecule has 1 unspecified atom stereocenters. The third kappa shape index (κ3) is 4.84. The predicted molar refractivity (Wildman–Crippen MR) is 47.8 cm³/mol. The van der Waals surface area contributed by atoms with Gasteiger partial charge in [0.2, 0.25) is 0 Å². The summed E-state index contributed by atoms with van der Waals surface area (Å²) in [6.07, 6.45) is 5.15. The molecule has 0 aliphatic rings. The van der Waals surface area contributed by atoms with Crippen molar-refractivity contribution in [3.8, 4) is 0 Å². The van der Waals surface area contributed by atoms with Crippen LogP contribution in [0.3, 0.4) is 0 Å². The third-order valence-electron chi connectivity index (χ3n) is 1.91. The molecule has 0 aromatic carbocycles. The molecule has 0 bridgehead atoms. The normalized spacial score (nSPS) is 14.1. The van der Waals surface area contributed by atoms with E-state index in [2.05, 4.69) is 27.7 Å². The lowest BCUT2D eigenvalue weighted by molar-refractivity contribution is 0.385. The lowest BCUT2D eigenvalue weighted by Gasteiger charge is -2.15. The summed E-state index contributed by atoms with van der Waals surface area (Å²) in [4.78, 5) is 0. The average Bonchev–Trinajstić information content (AvgIpc) is 1.86. The van der Waals surface area contributed by atoms with Crippen LogP contribution in [0.2, 0.25) is 0 Å². The Hall–Kier alpha value is 0. The Balaban J connectivity index is 3.39. The van der Waals surface area contributed by atoms with Crippen LogP contribution < -0.4 is 0 Å². The molecule has 0 aromatic rings. The van der Waals surface area contributed by atoms with Gasteiger partial charge in [-0.2, -0.15) is 0 Å². The van der Waals surface area contributed by atoms with E-state index < -0.39 is 0 Å². The molecule has 61 valence electrons. The fourth-order valence-electron chi connectivity index (χ4n) is 1.45. The summed E-state index contributed by atoms with van der Waals surface area (Å²) < 4.78 is 0. The van der Waals surface area contributed by atoms with E-state index in [0.29, 0.717) is 0 Å². The lowest BCUT2D eigenvalue weighted by Crippen LogP contribution is -2.02. The van der Waals surface area contributed by atoms with Crippen molar-refractivity contribution >= 4 is 0 Å². The van der Waals surface area contributed by atoms with Crippen molar-refractivity contribution in [3.63, 3.8) is 0 Å². The Morgan fingerprint density at radius 2 is 1.90 bits per heavy atom. The molecular formula is C10H21. The summed E-state index contributed by atoms with van der Waals surface area (Å²) in [7, 11) is 0. The van der Waals surface area contributed by atoms with Crippen molar-refractivity contribution in [2.75, 3.05) is 0 Å². The maximum Gasteiger partial charge on any atom is -0.0412 e. The van der Waals surface area contributed by atoms with Crippen LogP contribution in [-0.4, -0.2) is 0 Å². The Bertz CT molecular complexity index is 64.4. The molecule has 10 heavy (non-hydrogen) atoms. The second-order valence-corrected chi connectivity index (χ2v) is 3.57. The summed E-state index contributed by atoms with van der Waals surface area (Å²) >= 11 is 0. The van der Waals surface area contributed by atoms with Gasteiger partial charge in [0.15, 0.2) is 0 Å². The quantitative estimate of drug-likeness (QED) is 0.548. The van der Waals surface area contributed by atoms with E-state index >= 15 is 0 Å². The van der Waals surface area contributed by atoms with Gasteiger partial charge in [-0.1, -0.05) is 47.0 Å². The summed E-state index contributed by atoms with van der Waals surface area (Å²) in [6, 6.07) is 0. The molecule has 0 aliphatic carbocycles. The SMILES string of the molecule is [CH2]CC(CCC)CC(C)C. The van der Waals surface area contributed by atoms with Crippen molar-refractivity contribution in [1.29, 1.82) is 0 Å². The van der Waals surface area contributed by atoms with Crippen LogP contribution in [-0.2, 0) is 0 Å². The largest absolute Gasteiger partial charge is 0.0654 e. The Labute approximate surface area is 66.0 Å². The molecular weight excluding hydrogens is 120 g/mol. The average molecular weight is 141 g/mol. The van der Waals surface area contributed by atoms with E-state index in [1.54, 1.807) is 0 Å². The first-order valence-electron chi connectivity index (χ1n) is 4.49. The summed E-state index contributed by atoms with van der Waals surface area (Å²) in [5, 5.41) is 0. The highest BCUT2D eigenvalue weighted by Gasteiger charge is 2.06. The Kier molecular flexibility index (Phi) is 5.76. The minimum Gasteiger partial charge on any atom is -0.0654 e. The van der Waals surface area contributed by atoms with E-state index in [0.717, 1.165) is 18.3 Å². The van der Waals surface area contributed by atoms with E-state index in [9.17, 15) is 0 Å². The molecule has 0 saturated carbocycles. The molecule has 0 amide bonds. The molecule has 0 nitrogen and oxygen atoms in total. The van der Waals surface area contributed by atoms with Crippen LogP contribution in [0.5, 0.6) is 0 Å². The second-order valence-electron chi connectivity index (χ2n) is 3.57. The number of hydrogen-bond acceptors (Lipinski definition) is 0. The van der Waals surface area contributed by atoms with Crippen molar-refractivity contribution in [2.45, 2.75) is 46.5 Å². The summed E-state index contributed by atoms with van der Waals surface area (Å²) in [5.41, 5.74) is 0. The maximum absolute atomic E-state index is 3.96. The monoisotopic (exact) mass is 141 g/mol. The van der Waals surface area contributed by atoms with Gasteiger partial charge in [0.1, 0.15) is 0 Å². The molecule has 1 radical (unpaired) electrons. The molecule has 0 heterocycles.